The summed E-state index contributed by atoms with van der Waals surface area (Å²) in [4.78, 5) is 22.7. The van der Waals surface area contributed by atoms with Crippen LogP contribution in [0.2, 0.25) is 5.02 Å². The number of anilines is 1. The Bertz CT molecular complexity index is 1010. The number of aromatic nitrogens is 4. The molecule has 12 heteroatoms. The van der Waals surface area contributed by atoms with Gasteiger partial charge in [0.2, 0.25) is 11.1 Å². The van der Waals surface area contributed by atoms with Crippen LogP contribution < -0.4 is 10.1 Å². The van der Waals surface area contributed by atoms with Gasteiger partial charge in [0, 0.05) is 17.2 Å². The number of rotatable bonds is 7. The Labute approximate surface area is 168 Å². The number of nitrogens with zero attached hydrogens (tertiary/aromatic N) is 5. The maximum Gasteiger partial charge on any atom is 0.271 e. The molecule has 1 N–H and O–H groups in total. The molecule has 144 valence electrons. The highest BCUT2D eigenvalue weighted by Crippen LogP contribution is 2.29. The van der Waals surface area contributed by atoms with Crippen molar-refractivity contribution in [3.63, 3.8) is 0 Å². The van der Waals surface area contributed by atoms with Crippen LogP contribution in [0, 0.1) is 10.1 Å². The maximum absolute atomic E-state index is 12.3. The lowest BCUT2D eigenvalue weighted by Crippen LogP contribution is -2.15. The predicted molar refractivity (Wildman–Crippen MR) is 103 cm³/mol. The molecule has 0 atom stereocenters. The van der Waals surface area contributed by atoms with Crippen molar-refractivity contribution in [1.29, 1.82) is 0 Å². The first kappa shape index (κ1) is 19.6. The molecule has 0 aliphatic rings. The summed E-state index contributed by atoms with van der Waals surface area (Å²) >= 11 is 6.99. The molecule has 3 aromatic rings. The smallest absolute Gasteiger partial charge is 0.271 e. The van der Waals surface area contributed by atoms with Crippen LogP contribution in [0.1, 0.15) is 0 Å². The molecule has 0 radical (unpaired) electrons. The second kappa shape index (κ2) is 8.67. The number of thioether (sulfide) groups is 1. The van der Waals surface area contributed by atoms with Crippen molar-refractivity contribution < 1.29 is 14.5 Å². The van der Waals surface area contributed by atoms with Crippen LogP contribution in [-0.4, -0.2) is 43.9 Å². The minimum atomic E-state index is -0.551. The Morgan fingerprint density at radius 3 is 2.75 bits per heavy atom. The number of methoxy groups -OCH3 is 1. The number of nitrogens with one attached hydrogen (secondary N) is 1. The number of carbonyl (C=O) groups is 1. The largest absolute Gasteiger partial charge is 0.495 e. The van der Waals surface area contributed by atoms with E-state index in [4.69, 9.17) is 16.3 Å². The highest BCUT2D eigenvalue weighted by molar-refractivity contribution is 7.99. The van der Waals surface area contributed by atoms with Crippen LogP contribution in [0.25, 0.3) is 5.69 Å². The molecule has 10 nitrogen and oxygen atoms in total. The standard InChI is InChI=1S/C16H13ClN6O4S/c1-27-14-7-6-12(23(25)26)8-13(14)18-15(24)9-28-16-19-20-21-22(16)11-4-2-10(17)3-5-11/h2-8H,9H2,1H3,(H,18,24). The molecule has 0 saturated heterocycles. The Kier molecular flexibility index (Phi) is 6.06. The SMILES string of the molecule is COc1ccc([N+](=O)[O-])cc1NC(=O)CSc1nnnn1-c1ccc(Cl)cc1. The van der Waals surface area contributed by atoms with E-state index in [1.807, 2.05) is 0 Å². The van der Waals surface area contributed by atoms with E-state index in [1.54, 1.807) is 24.3 Å². The number of nitro benzene ring substituents is 1. The van der Waals surface area contributed by atoms with Crippen molar-refractivity contribution in [2.75, 3.05) is 18.2 Å². The summed E-state index contributed by atoms with van der Waals surface area (Å²) in [6.45, 7) is 0. The molecule has 28 heavy (non-hydrogen) atoms. The van der Waals surface area contributed by atoms with Gasteiger partial charge in [-0.05, 0) is 40.8 Å². The second-order valence-corrected chi connectivity index (χ2v) is 6.71. The number of halogens is 1. The predicted octanol–water partition coefficient (Wildman–Crippen LogP) is 2.96. The van der Waals surface area contributed by atoms with E-state index in [0.717, 1.165) is 11.8 Å². The minimum Gasteiger partial charge on any atom is -0.495 e. The molecule has 0 spiro atoms. The number of hydrogen-bond acceptors (Lipinski definition) is 8. The van der Waals surface area contributed by atoms with Crippen molar-refractivity contribution in [3.8, 4) is 11.4 Å². The van der Waals surface area contributed by atoms with Crippen molar-refractivity contribution >= 4 is 40.6 Å². The summed E-state index contributed by atoms with van der Waals surface area (Å²) < 4.78 is 6.60. The first-order valence-corrected chi connectivity index (χ1v) is 9.13. The van der Waals surface area contributed by atoms with Crippen LogP contribution in [0.3, 0.4) is 0 Å². The fourth-order valence-corrected chi connectivity index (χ4v) is 3.05. The van der Waals surface area contributed by atoms with Gasteiger partial charge in [0.05, 0.1) is 29.2 Å². The Morgan fingerprint density at radius 2 is 2.07 bits per heavy atom. The van der Waals surface area contributed by atoms with Gasteiger partial charge in [0.25, 0.3) is 5.69 Å². The molecule has 0 aliphatic heterocycles. The zero-order chi connectivity index (χ0) is 20.1. The van der Waals surface area contributed by atoms with Crippen LogP contribution in [0.5, 0.6) is 5.75 Å². The minimum absolute atomic E-state index is 0.0141. The lowest BCUT2D eigenvalue weighted by Gasteiger charge is -2.10. The fraction of sp³-hybridized carbons (Fsp3) is 0.125. The summed E-state index contributed by atoms with van der Waals surface area (Å²) in [5.74, 6) is -0.0933. The van der Waals surface area contributed by atoms with Crippen molar-refractivity contribution in [2.45, 2.75) is 5.16 Å². The number of tetrazole rings is 1. The van der Waals surface area contributed by atoms with Crippen molar-refractivity contribution in [3.05, 3.63) is 57.6 Å². The number of benzene rings is 2. The van der Waals surface area contributed by atoms with Crippen LogP contribution in [0.15, 0.2) is 47.6 Å². The summed E-state index contributed by atoms with van der Waals surface area (Å²) in [5.41, 5.74) is 0.743. The maximum atomic E-state index is 12.3. The molecule has 1 heterocycles. The average molecular weight is 421 g/mol. The van der Waals surface area contributed by atoms with Gasteiger partial charge in [-0.15, -0.1) is 5.10 Å². The summed E-state index contributed by atoms with van der Waals surface area (Å²) in [5, 5.41) is 25.9. The fourth-order valence-electron chi connectivity index (χ4n) is 2.24. The van der Waals surface area contributed by atoms with E-state index in [-0.39, 0.29) is 17.1 Å². The third-order valence-corrected chi connectivity index (χ3v) is 4.68. The number of hydrogen-bond donors (Lipinski definition) is 1. The summed E-state index contributed by atoms with van der Waals surface area (Å²) in [6.07, 6.45) is 0. The molecule has 1 amide bonds. The highest BCUT2D eigenvalue weighted by atomic mass is 35.5. The topological polar surface area (TPSA) is 125 Å². The van der Waals surface area contributed by atoms with Crippen LogP contribution in [0.4, 0.5) is 11.4 Å². The van der Waals surface area contributed by atoms with E-state index < -0.39 is 10.8 Å². The van der Waals surface area contributed by atoms with Crippen LogP contribution in [-0.2, 0) is 4.79 Å². The van der Waals surface area contributed by atoms with Gasteiger partial charge in [0.1, 0.15) is 5.75 Å². The van der Waals surface area contributed by atoms with Gasteiger partial charge < -0.3 is 10.1 Å². The molecular formula is C16H13ClN6O4S. The summed E-state index contributed by atoms with van der Waals surface area (Å²) in [6, 6.07) is 10.8. The van der Waals surface area contributed by atoms with E-state index in [9.17, 15) is 14.9 Å². The van der Waals surface area contributed by atoms with E-state index in [1.165, 1.54) is 30.0 Å². The van der Waals surface area contributed by atoms with Gasteiger partial charge >= 0.3 is 0 Å². The Morgan fingerprint density at radius 1 is 1.32 bits per heavy atom. The molecular weight excluding hydrogens is 408 g/mol. The molecule has 0 bridgehead atoms. The first-order valence-electron chi connectivity index (χ1n) is 7.77. The number of nitro groups is 1. The second-order valence-electron chi connectivity index (χ2n) is 5.33. The summed E-state index contributed by atoms with van der Waals surface area (Å²) in [7, 11) is 1.41. The zero-order valence-electron chi connectivity index (χ0n) is 14.4. The van der Waals surface area contributed by atoms with E-state index in [0.29, 0.717) is 21.6 Å². The number of non-ortho nitro benzene ring substituents is 1. The van der Waals surface area contributed by atoms with E-state index in [2.05, 4.69) is 20.8 Å². The van der Waals surface area contributed by atoms with Crippen molar-refractivity contribution in [1.82, 2.24) is 20.2 Å². The van der Waals surface area contributed by atoms with Gasteiger partial charge in [-0.25, -0.2) is 0 Å². The highest BCUT2D eigenvalue weighted by Gasteiger charge is 2.16. The molecule has 2 aromatic carbocycles. The van der Waals surface area contributed by atoms with Gasteiger partial charge in [-0.1, -0.05) is 23.4 Å². The number of ether oxygens (including phenoxy) is 1. The van der Waals surface area contributed by atoms with E-state index >= 15 is 0 Å². The first-order chi connectivity index (χ1) is 13.5. The molecule has 0 unspecified atom stereocenters. The molecule has 1 aromatic heterocycles. The quantitative estimate of drug-likeness (QED) is 0.351. The zero-order valence-corrected chi connectivity index (χ0v) is 16.0. The molecule has 0 aliphatic carbocycles. The Hall–Kier alpha value is -3.18. The van der Waals surface area contributed by atoms with Crippen LogP contribution >= 0.6 is 23.4 Å². The number of amides is 1. The number of carbonyl (C=O) groups excluding carboxylic acids is 1. The van der Waals surface area contributed by atoms with Gasteiger partial charge in [-0.3, -0.25) is 14.9 Å². The molecule has 0 fully saturated rings. The lowest BCUT2D eigenvalue weighted by atomic mass is 10.2. The third-order valence-electron chi connectivity index (χ3n) is 3.51. The monoisotopic (exact) mass is 420 g/mol. The molecule has 0 saturated carbocycles. The normalized spacial score (nSPS) is 10.5. The van der Waals surface area contributed by atoms with Gasteiger partial charge in [0.15, 0.2) is 0 Å². The van der Waals surface area contributed by atoms with Gasteiger partial charge in [-0.2, -0.15) is 4.68 Å². The Balaban J connectivity index is 1.69. The average Bonchev–Trinajstić information content (AvgIpc) is 3.15. The molecule has 3 rings (SSSR count). The van der Waals surface area contributed by atoms with Crippen molar-refractivity contribution in [2.24, 2.45) is 0 Å². The lowest BCUT2D eigenvalue weighted by molar-refractivity contribution is -0.384. The third kappa shape index (κ3) is 4.56.